The highest BCUT2D eigenvalue weighted by Gasteiger charge is 2.16. The topological polar surface area (TPSA) is 89.9 Å². The maximum atomic E-state index is 12.5. The molecule has 0 aliphatic heterocycles. The number of carbonyl (C=O) groups excluding carboxylic acids is 1. The first kappa shape index (κ1) is 19.6. The average molecular weight is 383 g/mol. The number of aliphatic hydroxyl groups is 2. The van der Waals surface area contributed by atoms with Gasteiger partial charge < -0.3 is 15.5 Å². The Balaban J connectivity index is 2.12. The van der Waals surface area contributed by atoms with Crippen LogP contribution in [0.5, 0.6) is 0 Å². The van der Waals surface area contributed by atoms with Crippen LogP contribution in [0.15, 0.2) is 53.4 Å². The van der Waals surface area contributed by atoms with E-state index in [9.17, 15) is 14.1 Å². The van der Waals surface area contributed by atoms with Crippen molar-refractivity contribution in [2.75, 3.05) is 25.5 Å². The van der Waals surface area contributed by atoms with Gasteiger partial charge in [-0.05, 0) is 36.4 Å². The summed E-state index contributed by atoms with van der Waals surface area (Å²) in [6.07, 6.45) is -0.983. The number of hydrogen-bond acceptors (Lipinski definition) is 4. The van der Waals surface area contributed by atoms with Gasteiger partial charge in [0.15, 0.2) is 0 Å². The Morgan fingerprint density at radius 3 is 2.68 bits per heavy atom. The van der Waals surface area contributed by atoms with Crippen LogP contribution in [0.1, 0.15) is 10.4 Å². The molecule has 0 saturated carbocycles. The van der Waals surface area contributed by atoms with E-state index >= 15 is 0 Å². The van der Waals surface area contributed by atoms with Crippen LogP contribution in [0.2, 0.25) is 5.02 Å². The molecule has 2 aromatic carbocycles. The zero-order chi connectivity index (χ0) is 18.4. The molecule has 0 saturated heterocycles. The summed E-state index contributed by atoms with van der Waals surface area (Å²) in [7, 11) is -0.00298. The van der Waals surface area contributed by atoms with Gasteiger partial charge in [-0.1, -0.05) is 23.7 Å². The van der Waals surface area contributed by atoms with Crippen LogP contribution in [-0.4, -0.2) is 50.9 Å². The predicted octanol–water partition coefficient (Wildman–Crippen LogP) is 1.90. The number of amides is 1. The molecule has 25 heavy (non-hydrogen) atoms. The molecular formula is C17H19ClN2O4S. The van der Waals surface area contributed by atoms with Gasteiger partial charge in [-0.25, -0.2) is 8.51 Å². The normalized spacial score (nSPS) is 13.5. The van der Waals surface area contributed by atoms with Crippen LogP contribution in [-0.2, 0) is 11.0 Å². The average Bonchev–Trinajstić information content (AvgIpc) is 2.61. The predicted molar refractivity (Wildman–Crippen MR) is 98.0 cm³/mol. The van der Waals surface area contributed by atoms with Gasteiger partial charge in [0.05, 0.1) is 17.6 Å². The third-order valence-electron chi connectivity index (χ3n) is 3.34. The summed E-state index contributed by atoms with van der Waals surface area (Å²) in [5.41, 5.74) is 0.911. The van der Waals surface area contributed by atoms with Crippen LogP contribution in [0.25, 0.3) is 0 Å². The molecule has 3 N–H and O–H groups in total. The first-order chi connectivity index (χ1) is 11.9. The second-order valence-corrected chi connectivity index (χ2v) is 7.42. The van der Waals surface area contributed by atoms with Crippen LogP contribution in [0.4, 0.5) is 5.69 Å². The number of nitrogens with one attached hydrogen (secondary N) is 1. The van der Waals surface area contributed by atoms with Crippen molar-refractivity contribution in [3.05, 3.63) is 59.1 Å². The standard InChI is InChI=1S/C17H19ClN2O4S/c1-20(10-15(22)11-21)25(24)16-7-2-4-12(8-16)17(23)19-14-6-3-5-13(18)9-14/h2-9,15,21-22H,10-11H2,1H3,(H,19,23). The van der Waals surface area contributed by atoms with Gasteiger partial charge in [0.25, 0.3) is 5.91 Å². The van der Waals surface area contributed by atoms with Crippen LogP contribution >= 0.6 is 11.6 Å². The van der Waals surface area contributed by atoms with Crippen molar-refractivity contribution in [3.8, 4) is 0 Å². The maximum Gasteiger partial charge on any atom is 0.255 e. The number of benzene rings is 2. The van der Waals surface area contributed by atoms with E-state index in [2.05, 4.69) is 5.32 Å². The Hall–Kier alpha value is -1.77. The lowest BCUT2D eigenvalue weighted by molar-refractivity contribution is 0.0835. The lowest BCUT2D eigenvalue weighted by atomic mass is 10.2. The number of likely N-dealkylation sites (N-methyl/N-ethyl adjacent to an activating group) is 1. The Bertz CT molecular complexity index is 772. The SMILES string of the molecule is CN(CC(O)CO)S(=O)c1cccc(C(=O)Nc2cccc(Cl)c2)c1. The molecule has 6 nitrogen and oxygen atoms in total. The van der Waals surface area contributed by atoms with Gasteiger partial charge in [0.2, 0.25) is 0 Å². The molecule has 0 radical (unpaired) electrons. The van der Waals surface area contributed by atoms with E-state index in [-0.39, 0.29) is 12.5 Å². The molecular weight excluding hydrogens is 364 g/mol. The van der Waals surface area contributed by atoms with Gasteiger partial charge >= 0.3 is 0 Å². The molecule has 2 unspecified atom stereocenters. The minimum atomic E-state index is -1.57. The van der Waals surface area contributed by atoms with Crippen molar-refractivity contribution in [3.63, 3.8) is 0 Å². The number of hydrogen-bond donors (Lipinski definition) is 3. The maximum absolute atomic E-state index is 12.5. The Labute approximate surface area is 153 Å². The van der Waals surface area contributed by atoms with Crippen molar-refractivity contribution in [1.29, 1.82) is 0 Å². The summed E-state index contributed by atoms with van der Waals surface area (Å²) < 4.78 is 13.9. The molecule has 0 aromatic heterocycles. The first-order valence-corrected chi connectivity index (χ1v) is 8.98. The molecule has 0 spiro atoms. The summed E-state index contributed by atoms with van der Waals surface area (Å²) in [5.74, 6) is -0.348. The lowest BCUT2D eigenvalue weighted by Gasteiger charge is -2.18. The number of rotatable bonds is 7. The number of aliphatic hydroxyl groups excluding tert-OH is 2. The second-order valence-electron chi connectivity index (χ2n) is 5.39. The third-order valence-corrected chi connectivity index (χ3v) is 4.95. The monoisotopic (exact) mass is 382 g/mol. The molecule has 2 atom stereocenters. The van der Waals surface area contributed by atoms with Crippen LogP contribution < -0.4 is 5.32 Å². The van der Waals surface area contributed by atoms with E-state index in [1.54, 1.807) is 49.5 Å². The highest BCUT2D eigenvalue weighted by Crippen LogP contribution is 2.17. The first-order valence-electron chi connectivity index (χ1n) is 7.49. The smallest absolute Gasteiger partial charge is 0.255 e. The van der Waals surface area contributed by atoms with Gasteiger partial charge in [-0.3, -0.25) is 4.79 Å². The van der Waals surface area contributed by atoms with Crippen molar-refractivity contribution in [2.24, 2.45) is 0 Å². The van der Waals surface area contributed by atoms with Crippen molar-refractivity contribution in [1.82, 2.24) is 4.31 Å². The zero-order valence-corrected chi connectivity index (χ0v) is 15.1. The fourth-order valence-corrected chi connectivity index (χ4v) is 3.40. The molecule has 2 aromatic rings. The minimum Gasteiger partial charge on any atom is -0.394 e. The van der Waals surface area contributed by atoms with Gasteiger partial charge in [0.1, 0.15) is 11.0 Å². The van der Waals surface area contributed by atoms with Crippen LogP contribution in [0, 0.1) is 0 Å². The van der Waals surface area contributed by atoms with Gasteiger partial charge in [-0.15, -0.1) is 0 Å². The van der Waals surface area contributed by atoms with E-state index in [4.69, 9.17) is 16.7 Å². The van der Waals surface area contributed by atoms with Crippen LogP contribution in [0.3, 0.4) is 0 Å². The molecule has 0 aliphatic rings. The number of carbonyl (C=O) groups is 1. The molecule has 1 amide bonds. The third kappa shape index (κ3) is 5.62. The van der Waals surface area contributed by atoms with E-state index in [1.165, 1.54) is 10.4 Å². The van der Waals surface area contributed by atoms with E-state index < -0.39 is 23.7 Å². The minimum absolute atomic E-state index is 0.0437. The largest absolute Gasteiger partial charge is 0.394 e. The molecule has 0 aliphatic carbocycles. The van der Waals surface area contributed by atoms with E-state index in [1.807, 2.05) is 0 Å². The molecule has 2 rings (SSSR count). The van der Waals surface area contributed by atoms with Gasteiger partial charge in [-0.2, -0.15) is 0 Å². The number of nitrogens with zero attached hydrogens (tertiary/aromatic N) is 1. The van der Waals surface area contributed by atoms with Gasteiger partial charge in [0, 0.05) is 29.9 Å². The summed E-state index contributed by atoms with van der Waals surface area (Å²) in [6.45, 7) is -0.369. The lowest BCUT2D eigenvalue weighted by Crippen LogP contribution is -2.32. The molecule has 134 valence electrons. The van der Waals surface area contributed by atoms with Crippen molar-refractivity contribution in [2.45, 2.75) is 11.0 Å². The summed E-state index contributed by atoms with van der Waals surface area (Å²) >= 11 is 5.89. The molecule has 0 heterocycles. The second kappa shape index (κ2) is 9.07. The summed E-state index contributed by atoms with van der Waals surface area (Å²) in [5, 5.41) is 21.6. The highest BCUT2D eigenvalue weighted by atomic mass is 35.5. The zero-order valence-electron chi connectivity index (χ0n) is 13.6. The fraction of sp³-hybridized carbons (Fsp3) is 0.235. The van der Waals surface area contributed by atoms with E-state index in [0.29, 0.717) is 21.2 Å². The molecule has 0 bridgehead atoms. The summed E-state index contributed by atoms with van der Waals surface area (Å²) in [4.78, 5) is 12.8. The van der Waals surface area contributed by atoms with E-state index in [0.717, 1.165) is 0 Å². The quantitative estimate of drug-likeness (QED) is 0.682. The summed E-state index contributed by atoms with van der Waals surface area (Å²) in [6, 6.07) is 13.2. The fourth-order valence-electron chi connectivity index (χ4n) is 2.12. The Morgan fingerprint density at radius 2 is 2.00 bits per heavy atom. The number of anilines is 1. The Kier molecular flexibility index (Phi) is 7.10. The Morgan fingerprint density at radius 1 is 1.28 bits per heavy atom. The number of halogens is 1. The molecule has 0 fully saturated rings. The molecule has 8 heteroatoms. The van der Waals surface area contributed by atoms with Crippen molar-refractivity contribution < 1.29 is 19.2 Å². The highest BCUT2D eigenvalue weighted by molar-refractivity contribution is 7.82. The van der Waals surface area contributed by atoms with Crippen molar-refractivity contribution >= 4 is 34.2 Å².